The molecular formula is C13H17Cl2NO2. The molecule has 1 N–H and O–H groups in total. The van der Waals surface area contributed by atoms with Crippen LogP contribution in [0.2, 0.25) is 5.02 Å². The molecule has 0 spiro atoms. The fourth-order valence-electron chi connectivity index (χ4n) is 1.26. The van der Waals surface area contributed by atoms with E-state index < -0.39 is 0 Å². The van der Waals surface area contributed by atoms with Crippen LogP contribution in [-0.4, -0.2) is 17.9 Å². The Morgan fingerprint density at radius 2 is 2.06 bits per heavy atom. The second-order valence-electron chi connectivity index (χ2n) is 4.36. The van der Waals surface area contributed by atoms with Crippen molar-refractivity contribution in [3.8, 4) is 5.75 Å². The highest BCUT2D eigenvalue weighted by molar-refractivity contribution is 6.32. The predicted molar refractivity (Wildman–Crippen MR) is 75.7 cm³/mol. The van der Waals surface area contributed by atoms with Crippen molar-refractivity contribution in [2.45, 2.75) is 26.9 Å². The third-order valence-corrected chi connectivity index (χ3v) is 3.00. The Labute approximate surface area is 117 Å². The SMILES string of the molecule is CC(C)Oc1ccc(NC(=O)C(C)CCl)cc1Cl. The van der Waals surface area contributed by atoms with Crippen molar-refractivity contribution in [1.82, 2.24) is 0 Å². The Morgan fingerprint density at radius 3 is 2.56 bits per heavy atom. The second kappa shape index (κ2) is 6.86. The average molecular weight is 290 g/mol. The Kier molecular flexibility index (Phi) is 5.76. The third kappa shape index (κ3) is 4.39. The number of ether oxygens (including phenoxy) is 1. The van der Waals surface area contributed by atoms with E-state index >= 15 is 0 Å². The fourth-order valence-corrected chi connectivity index (χ4v) is 1.63. The zero-order valence-corrected chi connectivity index (χ0v) is 12.2. The number of carbonyl (C=O) groups is 1. The predicted octanol–water partition coefficient (Wildman–Crippen LogP) is 3.94. The maximum Gasteiger partial charge on any atom is 0.228 e. The minimum absolute atomic E-state index is 0.0548. The van der Waals surface area contributed by atoms with E-state index in [4.69, 9.17) is 27.9 Å². The van der Waals surface area contributed by atoms with Gasteiger partial charge >= 0.3 is 0 Å². The van der Waals surface area contributed by atoms with Crippen molar-refractivity contribution in [2.24, 2.45) is 5.92 Å². The maximum atomic E-state index is 11.6. The number of nitrogens with one attached hydrogen (secondary N) is 1. The van der Waals surface area contributed by atoms with Crippen molar-refractivity contribution < 1.29 is 9.53 Å². The summed E-state index contributed by atoms with van der Waals surface area (Å²) in [6, 6.07) is 5.16. The van der Waals surface area contributed by atoms with Crippen molar-refractivity contribution >= 4 is 34.8 Å². The molecule has 1 unspecified atom stereocenters. The van der Waals surface area contributed by atoms with E-state index in [9.17, 15) is 4.79 Å². The highest BCUT2D eigenvalue weighted by atomic mass is 35.5. The van der Waals surface area contributed by atoms with Crippen LogP contribution in [0.5, 0.6) is 5.75 Å². The molecule has 0 fully saturated rings. The van der Waals surface area contributed by atoms with Gasteiger partial charge in [0.2, 0.25) is 5.91 Å². The van der Waals surface area contributed by atoms with Crippen LogP contribution in [-0.2, 0) is 4.79 Å². The summed E-state index contributed by atoms with van der Waals surface area (Å²) in [7, 11) is 0. The zero-order valence-electron chi connectivity index (χ0n) is 10.7. The molecule has 0 aliphatic heterocycles. The number of amides is 1. The number of hydrogen-bond acceptors (Lipinski definition) is 2. The fraction of sp³-hybridized carbons (Fsp3) is 0.462. The van der Waals surface area contributed by atoms with E-state index in [0.29, 0.717) is 16.5 Å². The van der Waals surface area contributed by atoms with E-state index in [1.54, 1.807) is 25.1 Å². The largest absolute Gasteiger partial charge is 0.489 e. The Hall–Kier alpha value is -0.930. The van der Waals surface area contributed by atoms with E-state index in [1.165, 1.54) is 0 Å². The molecule has 18 heavy (non-hydrogen) atoms. The highest BCUT2D eigenvalue weighted by Crippen LogP contribution is 2.28. The zero-order chi connectivity index (χ0) is 13.7. The molecule has 1 rings (SSSR count). The lowest BCUT2D eigenvalue weighted by Gasteiger charge is -2.13. The summed E-state index contributed by atoms with van der Waals surface area (Å²) in [6.45, 7) is 5.61. The Balaban J connectivity index is 2.75. The average Bonchev–Trinajstić information content (AvgIpc) is 2.31. The lowest BCUT2D eigenvalue weighted by Crippen LogP contribution is -2.21. The standard InChI is InChI=1S/C13H17Cl2NO2/c1-8(2)18-12-5-4-10(6-11(12)15)16-13(17)9(3)7-14/h4-6,8-9H,7H2,1-3H3,(H,16,17). The van der Waals surface area contributed by atoms with E-state index in [0.717, 1.165) is 0 Å². The van der Waals surface area contributed by atoms with Gasteiger partial charge < -0.3 is 10.1 Å². The van der Waals surface area contributed by atoms with Crippen LogP contribution >= 0.6 is 23.2 Å². The van der Waals surface area contributed by atoms with E-state index in [2.05, 4.69) is 5.32 Å². The van der Waals surface area contributed by atoms with Gasteiger partial charge in [0, 0.05) is 17.5 Å². The molecular weight excluding hydrogens is 273 g/mol. The van der Waals surface area contributed by atoms with Gasteiger partial charge in [0.25, 0.3) is 0 Å². The summed E-state index contributed by atoms with van der Waals surface area (Å²) in [5.41, 5.74) is 0.637. The van der Waals surface area contributed by atoms with Crippen LogP contribution < -0.4 is 10.1 Å². The summed E-state index contributed by atoms with van der Waals surface area (Å²) in [6.07, 6.45) is 0.0548. The van der Waals surface area contributed by atoms with Gasteiger partial charge in [-0.3, -0.25) is 4.79 Å². The normalized spacial score (nSPS) is 12.3. The summed E-state index contributed by atoms with van der Waals surface area (Å²) in [5.74, 6) is 0.527. The first-order valence-corrected chi connectivity index (χ1v) is 6.68. The first kappa shape index (κ1) is 15.1. The van der Waals surface area contributed by atoms with Gasteiger partial charge in [-0.2, -0.15) is 0 Å². The summed E-state index contributed by atoms with van der Waals surface area (Å²) >= 11 is 11.7. The van der Waals surface area contributed by atoms with E-state index in [-0.39, 0.29) is 23.8 Å². The van der Waals surface area contributed by atoms with Gasteiger partial charge in [-0.15, -0.1) is 11.6 Å². The van der Waals surface area contributed by atoms with Crippen LogP contribution in [0.15, 0.2) is 18.2 Å². The first-order chi connectivity index (χ1) is 8.43. The smallest absolute Gasteiger partial charge is 0.228 e. The quantitative estimate of drug-likeness (QED) is 0.834. The molecule has 0 saturated heterocycles. The molecule has 0 aromatic heterocycles. The molecule has 1 aromatic carbocycles. The Bertz CT molecular complexity index is 421. The van der Waals surface area contributed by atoms with Crippen LogP contribution in [0.3, 0.4) is 0 Å². The molecule has 100 valence electrons. The van der Waals surface area contributed by atoms with Crippen LogP contribution in [0.1, 0.15) is 20.8 Å². The molecule has 0 saturated carbocycles. The van der Waals surface area contributed by atoms with Gasteiger partial charge in [0.15, 0.2) is 0 Å². The van der Waals surface area contributed by atoms with E-state index in [1.807, 2.05) is 13.8 Å². The van der Waals surface area contributed by atoms with Crippen molar-refractivity contribution in [3.05, 3.63) is 23.2 Å². The van der Waals surface area contributed by atoms with Gasteiger partial charge in [-0.05, 0) is 32.0 Å². The van der Waals surface area contributed by atoms with Gasteiger partial charge in [-0.25, -0.2) is 0 Å². The van der Waals surface area contributed by atoms with Crippen molar-refractivity contribution in [3.63, 3.8) is 0 Å². The lowest BCUT2D eigenvalue weighted by molar-refractivity contribution is -0.118. The number of halogens is 2. The minimum atomic E-state index is -0.239. The molecule has 3 nitrogen and oxygen atoms in total. The number of rotatable bonds is 5. The highest BCUT2D eigenvalue weighted by Gasteiger charge is 2.12. The summed E-state index contributed by atoms with van der Waals surface area (Å²) in [4.78, 5) is 11.6. The summed E-state index contributed by atoms with van der Waals surface area (Å²) in [5, 5.41) is 3.22. The minimum Gasteiger partial charge on any atom is -0.489 e. The van der Waals surface area contributed by atoms with Gasteiger partial charge in [0.1, 0.15) is 5.75 Å². The van der Waals surface area contributed by atoms with Crippen molar-refractivity contribution in [2.75, 3.05) is 11.2 Å². The molecule has 0 heterocycles. The molecule has 1 atom stereocenters. The number of anilines is 1. The third-order valence-electron chi connectivity index (χ3n) is 2.24. The van der Waals surface area contributed by atoms with Gasteiger partial charge in [0.05, 0.1) is 11.1 Å². The van der Waals surface area contributed by atoms with Crippen molar-refractivity contribution in [1.29, 1.82) is 0 Å². The molecule has 0 radical (unpaired) electrons. The monoisotopic (exact) mass is 289 g/mol. The van der Waals surface area contributed by atoms with Gasteiger partial charge in [-0.1, -0.05) is 18.5 Å². The molecule has 5 heteroatoms. The molecule has 1 amide bonds. The molecule has 0 aliphatic rings. The molecule has 1 aromatic rings. The molecule has 0 bridgehead atoms. The van der Waals surface area contributed by atoms with Crippen LogP contribution in [0, 0.1) is 5.92 Å². The number of alkyl halides is 1. The molecule has 0 aliphatic carbocycles. The van der Waals surface area contributed by atoms with Crippen LogP contribution in [0.25, 0.3) is 0 Å². The number of benzene rings is 1. The maximum absolute atomic E-state index is 11.6. The topological polar surface area (TPSA) is 38.3 Å². The Morgan fingerprint density at radius 1 is 1.39 bits per heavy atom. The van der Waals surface area contributed by atoms with Crippen LogP contribution in [0.4, 0.5) is 5.69 Å². The number of hydrogen-bond donors (Lipinski definition) is 1. The summed E-state index contributed by atoms with van der Waals surface area (Å²) < 4.78 is 5.51. The number of carbonyl (C=O) groups excluding carboxylic acids is 1. The second-order valence-corrected chi connectivity index (χ2v) is 5.07. The first-order valence-electron chi connectivity index (χ1n) is 5.77. The lowest BCUT2D eigenvalue weighted by atomic mass is 10.2.